The molecule has 0 spiro atoms. The molecule has 33 heavy (non-hydrogen) atoms. The number of nitrogens with zero attached hydrogens (tertiary/aromatic N) is 3. The largest absolute Gasteiger partial charge is 0.436 e. The van der Waals surface area contributed by atoms with Gasteiger partial charge >= 0.3 is 0 Å². The van der Waals surface area contributed by atoms with Crippen molar-refractivity contribution in [2.75, 3.05) is 0 Å². The van der Waals surface area contributed by atoms with Crippen molar-refractivity contribution >= 4 is 23.4 Å². The topological polar surface area (TPSA) is 68.1 Å². The summed E-state index contributed by atoms with van der Waals surface area (Å²) in [5.41, 5.74) is 4.77. The number of aliphatic hydroxyl groups is 1. The summed E-state index contributed by atoms with van der Waals surface area (Å²) in [6.07, 6.45) is 2.18. The molecular weight excluding hydrogens is 461 g/mol. The lowest BCUT2D eigenvalue weighted by Gasteiger charge is -2.24. The molecule has 0 aliphatic carbocycles. The molecule has 2 aromatic carbocycles. The second kappa shape index (κ2) is 9.09. The number of aliphatic hydroxyl groups excluding tert-OH is 1. The molecule has 4 aromatic rings. The first-order valence-corrected chi connectivity index (χ1v) is 11.7. The molecule has 5 rings (SSSR count). The van der Waals surface area contributed by atoms with Crippen molar-refractivity contribution < 1.29 is 14.2 Å². The van der Waals surface area contributed by atoms with Gasteiger partial charge in [-0.05, 0) is 36.8 Å². The first kappa shape index (κ1) is 21.8. The zero-order valence-electron chi connectivity index (χ0n) is 17.7. The van der Waals surface area contributed by atoms with Gasteiger partial charge in [-0.2, -0.15) is 4.98 Å². The molecule has 0 saturated carbocycles. The summed E-state index contributed by atoms with van der Waals surface area (Å²) >= 11 is 7.69. The molecule has 0 unspecified atom stereocenters. The molecule has 0 bridgehead atoms. The summed E-state index contributed by atoms with van der Waals surface area (Å²) in [7, 11) is 0. The highest BCUT2D eigenvalue weighted by Gasteiger charge is 2.27. The van der Waals surface area contributed by atoms with Crippen molar-refractivity contribution in [3.05, 3.63) is 93.5 Å². The van der Waals surface area contributed by atoms with E-state index in [0.717, 1.165) is 33.0 Å². The van der Waals surface area contributed by atoms with Crippen LogP contribution in [0, 0.1) is 12.7 Å². The monoisotopic (exact) mass is 479 g/mol. The summed E-state index contributed by atoms with van der Waals surface area (Å²) in [4.78, 5) is 13.9. The van der Waals surface area contributed by atoms with Gasteiger partial charge in [0.1, 0.15) is 10.8 Å². The van der Waals surface area contributed by atoms with Gasteiger partial charge in [0, 0.05) is 40.1 Å². The Morgan fingerprint density at radius 1 is 1.12 bits per heavy atom. The Morgan fingerprint density at radius 2 is 1.97 bits per heavy atom. The van der Waals surface area contributed by atoms with Crippen LogP contribution < -0.4 is 4.74 Å². The molecule has 0 saturated heterocycles. The second-order valence-corrected chi connectivity index (χ2v) is 9.08. The molecule has 1 aliphatic rings. The first-order valence-electron chi connectivity index (χ1n) is 10.3. The van der Waals surface area contributed by atoms with Gasteiger partial charge in [-0.25, -0.2) is 9.37 Å². The molecule has 1 N–H and O–H groups in total. The number of halogens is 2. The van der Waals surface area contributed by atoms with E-state index in [9.17, 15) is 9.50 Å². The Kier molecular flexibility index (Phi) is 6.01. The summed E-state index contributed by atoms with van der Waals surface area (Å²) in [5.74, 6) is 1.82. The minimum Gasteiger partial charge on any atom is -0.436 e. The Bertz CT molecular complexity index is 1370. The Balaban J connectivity index is 1.60. The lowest BCUT2D eigenvalue weighted by Crippen LogP contribution is -2.13. The van der Waals surface area contributed by atoms with Crippen LogP contribution in [0.3, 0.4) is 0 Å². The zero-order valence-corrected chi connectivity index (χ0v) is 19.3. The predicted molar refractivity (Wildman–Crippen MR) is 126 cm³/mol. The van der Waals surface area contributed by atoms with Crippen molar-refractivity contribution in [2.24, 2.45) is 0 Å². The van der Waals surface area contributed by atoms with E-state index in [0.29, 0.717) is 40.2 Å². The van der Waals surface area contributed by atoms with E-state index in [-0.39, 0.29) is 12.4 Å². The molecule has 166 valence electrons. The Hall–Kier alpha value is -3.00. The fourth-order valence-corrected chi connectivity index (χ4v) is 4.91. The minimum atomic E-state index is -0.273. The summed E-state index contributed by atoms with van der Waals surface area (Å²) in [6, 6.07) is 13.9. The fourth-order valence-electron chi connectivity index (χ4n) is 3.75. The third-order valence-corrected chi connectivity index (χ3v) is 6.73. The number of hydrogen-bond acceptors (Lipinski definition) is 6. The minimum absolute atomic E-state index is 0.137. The lowest BCUT2D eigenvalue weighted by molar-refractivity contribution is 0.278. The molecule has 8 heteroatoms. The van der Waals surface area contributed by atoms with Crippen LogP contribution in [0.15, 0.2) is 59.8 Å². The van der Waals surface area contributed by atoms with E-state index in [2.05, 4.69) is 4.98 Å². The van der Waals surface area contributed by atoms with Crippen LogP contribution in [0.2, 0.25) is 5.02 Å². The van der Waals surface area contributed by atoms with Crippen LogP contribution in [-0.4, -0.2) is 20.1 Å². The van der Waals surface area contributed by atoms with Crippen molar-refractivity contribution in [3.8, 4) is 23.0 Å². The van der Waals surface area contributed by atoms with Gasteiger partial charge in [0.2, 0.25) is 5.88 Å². The van der Waals surface area contributed by atoms with E-state index in [4.69, 9.17) is 26.3 Å². The number of thioether (sulfide) groups is 1. The molecule has 0 fully saturated rings. The average Bonchev–Trinajstić information content (AvgIpc) is 2.82. The highest BCUT2D eigenvalue weighted by molar-refractivity contribution is 7.98. The number of fused-ring (bicyclic) bond motifs is 2. The maximum atomic E-state index is 13.7. The predicted octanol–water partition coefficient (Wildman–Crippen LogP) is 6.12. The van der Waals surface area contributed by atoms with E-state index < -0.39 is 0 Å². The average molecular weight is 480 g/mol. The van der Waals surface area contributed by atoms with E-state index in [1.807, 2.05) is 25.1 Å². The molecular formula is C25H19ClFN3O2S. The van der Waals surface area contributed by atoms with Gasteiger partial charge in [-0.1, -0.05) is 35.9 Å². The van der Waals surface area contributed by atoms with Crippen LogP contribution in [0.25, 0.3) is 11.4 Å². The molecule has 1 aliphatic heterocycles. The standard InChI is InChI=1S/C25H19ClFN3O2S/c1-14-22-20(17(12-31)11-28-14)10-21-24(32-22)29-23(16-5-3-6-18(26)9-16)30-25(21)33-13-15-4-2-7-19(27)8-15/h2-9,11,31H,10,12-13H2,1H3. The van der Waals surface area contributed by atoms with Gasteiger partial charge < -0.3 is 9.84 Å². The van der Waals surface area contributed by atoms with Crippen molar-refractivity contribution in [2.45, 2.75) is 30.7 Å². The van der Waals surface area contributed by atoms with Crippen LogP contribution in [-0.2, 0) is 18.8 Å². The number of aryl methyl sites for hydroxylation is 1. The molecule has 2 aromatic heterocycles. The van der Waals surface area contributed by atoms with E-state index in [1.54, 1.807) is 24.4 Å². The SMILES string of the molecule is Cc1ncc(CO)c2c1Oc1nc(-c3cccc(Cl)c3)nc(SCc3cccc(F)c3)c1C2. The van der Waals surface area contributed by atoms with E-state index in [1.165, 1.54) is 23.9 Å². The van der Waals surface area contributed by atoms with Crippen molar-refractivity contribution in [1.82, 2.24) is 15.0 Å². The van der Waals surface area contributed by atoms with Crippen LogP contribution in [0.4, 0.5) is 4.39 Å². The fraction of sp³-hybridized carbons (Fsp3) is 0.160. The number of pyridine rings is 1. The number of benzene rings is 2. The summed E-state index contributed by atoms with van der Waals surface area (Å²) < 4.78 is 19.9. The van der Waals surface area contributed by atoms with Gasteiger partial charge in [-0.15, -0.1) is 11.8 Å². The highest BCUT2D eigenvalue weighted by Crippen LogP contribution is 2.43. The van der Waals surface area contributed by atoms with Crippen molar-refractivity contribution in [3.63, 3.8) is 0 Å². The highest BCUT2D eigenvalue weighted by atomic mass is 35.5. The molecule has 5 nitrogen and oxygen atoms in total. The first-order chi connectivity index (χ1) is 16.0. The third kappa shape index (κ3) is 4.44. The normalized spacial score (nSPS) is 12.1. The molecule has 0 atom stereocenters. The van der Waals surface area contributed by atoms with E-state index >= 15 is 0 Å². The summed E-state index contributed by atoms with van der Waals surface area (Å²) in [5, 5.41) is 11.1. The van der Waals surface area contributed by atoms with Crippen LogP contribution in [0.5, 0.6) is 11.6 Å². The molecule has 3 heterocycles. The van der Waals surface area contributed by atoms with Gasteiger partial charge in [-0.3, -0.25) is 4.98 Å². The number of rotatable bonds is 5. The quantitative estimate of drug-likeness (QED) is 0.242. The lowest BCUT2D eigenvalue weighted by atomic mass is 9.99. The number of aromatic nitrogens is 3. The molecule has 0 amide bonds. The molecule has 0 radical (unpaired) electrons. The smallest absolute Gasteiger partial charge is 0.227 e. The third-order valence-electron chi connectivity index (χ3n) is 5.41. The van der Waals surface area contributed by atoms with Gasteiger partial charge in [0.25, 0.3) is 0 Å². The number of hydrogen-bond donors (Lipinski definition) is 1. The summed E-state index contributed by atoms with van der Waals surface area (Å²) in [6.45, 7) is 1.73. The van der Waals surface area contributed by atoms with Crippen LogP contribution in [0.1, 0.15) is 27.9 Å². The van der Waals surface area contributed by atoms with Gasteiger partial charge in [0.05, 0.1) is 17.9 Å². The maximum Gasteiger partial charge on any atom is 0.227 e. The van der Waals surface area contributed by atoms with Gasteiger partial charge in [0.15, 0.2) is 11.6 Å². The Morgan fingerprint density at radius 3 is 2.76 bits per heavy atom. The maximum absolute atomic E-state index is 13.7. The zero-order chi connectivity index (χ0) is 22.9. The Labute approximate surface area is 199 Å². The number of ether oxygens (including phenoxy) is 1. The second-order valence-electron chi connectivity index (χ2n) is 7.68. The van der Waals surface area contributed by atoms with Crippen LogP contribution >= 0.6 is 23.4 Å². The van der Waals surface area contributed by atoms with Crippen molar-refractivity contribution in [1.29, 1.82) is 0 Å².